The lowest BCUT2D eigenvalue weighted by Crippen LogP contribution is -3.14. The SMILES string of the molecule is CC(=O)N1CC[NH+](CCCN2c3ccc(Cl)cc3Sc3cccnc32)CC1.[Cl-]. The molecule has 3 heterocycles. The van der Waals surface area contributed by atoms with Gasteiger partial charge in [-0.3, -0.25) is 4.79 Å². The van der Waals surface area contributed by atoms with Crippen molar-refractivity contribution in [3.8, 4) is 0 Å². The van der Waals surface area contributed by atoms with Crippen LogP contribution in [0.2, 0.25) is 5.02 Å². The van der Waals surface area contributed by atoms with Gasteiger partial charge in [0, 0.05) is 36.0 Å². The van der Waals surface area contributed by atoms with E-state index in [9.17, 15) is 4.79 Å². The zero-order valence-electron chi connectivity index (χ0n) is 15.8. The molecular weight excluding hydrogens is 415 g/mol. The van der Waals surface area contributed by atoms with Crippen LogP contribution in [0, 0.1) is 0 Å². The van der Waals surface area contributed by atoms with E-state index in [4.69, 9.17) is 11.6 Å². The summed E-state index contributed by atoms with van der Waals surface area (Å²) in [6.07, 6.45) is 2.94. The Balaban J connectivity index is 0.00000225. The van der Waals surface area contributed by atoms with Gasteiger partial charge in [0.1, 0.15) is 5.82 Å². The molecule has 5 nitrogen and oxygen atoms in total. The molecule has 28 heavy (non-hydrogen) atoms. The van der Waals surface area contributed by atoms with E-state index in [1.54, 1.807) is 23.6 Å². The van der Waals surface area contributed by atoms with Gasteiger partial charge in [0.2, 0.25) is 5.91 Å². The number of halogens is 2. The summed E-state index contributed by atoms with van der Waals surface area (Å²) in [5, 5.41) is 0.765. The van der Waals surface area contributed by atoms with Crippen molar-refractivity contribution < 1.29 is 22.1 Å². The van der Waals surface area contributed by atoms with Crippen LogP contribution in [0.25, 0.3) is 0 Å². The first-order valence-corrected chi connectivity index (χ1v) is 10.6. The van der Waals surface area contributed by atoms with Gasteiger partial charge in [0.05, 0.1) is 43.3 Å². The summed E-state index contributed by atoms with van der Waals surface area (Å²) in [5.41, 5.74) is 1.19. The second-order valence-electron chi connectivity index (χ2n) is 7.05. The number of anilines is 2. The minimum Gasteiger partial charge on any atom is -1.00 e. The number of hydrogen-bond donors (Lipinski definition) is 1. The van der Waals surface area contributed by atoms with Gasteiger partial charge in [-0.05, 0) is 30.3 Å². The number of benzene rings is 1. The van der Waals surface area contributed by atoms with Crippen molar-refractivity contribution in [3.05, 3.63) is 41.6 Å². The number of fused-ring (bicyclic) bond motifs is 2. The molecular formula is C20H24Cl2N4OS. The highest BCUT2D eigenvalue weighted by atomic mass is 35.5. The first-order valence-electron chi connectivity index (χ1n) is 9.41. The minimum atomic E-state index is 0. The molecule has 1 saturated heterocycles. The molecule has 1 aromatic carbocycles. The van der Waals surface area contributed by atoms with Crippen LogP contribution in [0.1, 0.15) is 13.3 Å². The van der Waals surface area contributed by atoms with Crippen LogP contribution >= 0.6 is 23.4 Å². The first-order chi connectivity index (χ1) is 13.1. The first kappa shape index (κ1) is 21.2. The molecule has 2 aliphatic heterocycles. The van der Waals surface area contributed by atoms with Crippen LogP contribution in [-0.2, 0) is 4.79 Å². The van der Waals surface area contributed by atoms with Crippen LogP contribution in [0.4, 0.5) is 11.5 Å². The van der Waals surface area contributed by atoms with Crippen LogP contribution < -0.4 is 22.2 Å². The topological polar surface area (TPSA) is 40.9 Å². The number of rotatable bonds is 4. The highest BCUT2D eigenvalue weighted by Gasteiger charge is 2.26. The van der Waals surface area contributed by atoms with E-state index in [0.29, 0.717) is 0 Å². The maximum atomic E-state index is 11.5. The highest BCUT2D eigenvalue weighted by molar-refractivity contribution is 7.99. The largest absolute Gasteiger partial charge is 1.00 e. The number of hydrogen-bond acceptors (Lipinski definition) is 4. The minimum absolute atomic E-state index is 0. The fourth-order valence-electron chi connectivity index (χ4n) is 3.79. The van der Waals surface area contributed by atoms with Gasteiger partial charge in [0.15, 0.2) is 0 Å². The number of amides is 1. The monoisotopic (exact) mass is 438 g/mol. The quantitative estimate of drug-likeness (QED) is 0.697. The normalized spacial score (nSPS) is 16.2. The number of nitrogens with zero attached hydrogens (tertiary/aromatic N) is 3. The third-order valence-electron chi connectivity index (χ3n) is 5.27. The second-order valence-corrected chi connectivity index (χ2v) is 8.57. The Kier molecular flexibility index (Phi) is 7.10. The summed E-state index contributed by atoms with van der Waals surface area (Å²) in [5.74, 6) is 1.23. The van der Waals surface area contributed by atoms with E-state index in [1.165, 1.54) is 15.5 Å². The van der Waals surface area contributed by atoms with Gasteiger partial charge >= 0.3 is 0 Å². The summed E-state index contributed by atoms with van der Waals surface area (Å²) in [4.78, 5) is 24.3. The highest BCUT2D eigenvalue weighted by Crippen LogP contribution is 2.47. The molecule has 1 aromatic heterocycles. The fourth-order valence-corrected chi connectivity index (χ4v) is 5.13. The summed E-state index contributed by atoms with van der Waals surface area (Å²) in [7, 11) is 0. The molecule has 0 bridgehead atoms. The van der Waals surface area contributed by atoms with Crippen molar-refractivity contribution in [3.63, 3.8) is 0 Å². The Morgan fingerprint density at radius 2 is 2.04 bits per heavy atom. The average molecular weight is 439 g/mol. The van der Waals surface area contributed by atoms with Gasteiger partial charge in [-0.15, -0.1) is 0 Å². The molecule has 0 saturated carbocycles. The molecule has 0 atom stereocenters. The molecule has 0 radical (unpaired) electrons. The molecule has 0 spiro atoms. The molecule has 4 rings (SSSR count). The zero-order valence-corrected chi connectivity index (χ0v) is 18.2. The molecule has 150 valence electrons. The van der Waals surface area contributed by atoms with E-state index in [2.05, 4.69) is 22.0 Å². The van der Waals surface area contributed by atoms with E-state index in [0.717, 1.165) is 56.5 Å². The van der Waals surface area contributed by atoms with Crippen molar-refractivity contribution in [1.82, 2.24) is 9.88 Å². The standard InChI is InChI=1S/C20H23ClN4OS.ClH/c1-15(26)24-12-10-23(11-13-24)8-3-9-25-17-6-5-16(21)14-19(17)27-18-4-2-7-22-20(18)25;/h2,4-7,14H,3,8-13H2,1H3;1H. The summed E-state index contributed by atoms with van der Waals surface area (Å²) >= 11 is 7.95. The molecule has 1 fully saturated rings. The lowest BCUT2D eigenvalue weighted by Gasteiger charge is -2.34. The number of carbonyl (C=O) groups is 1. The predicted molar refractivity (Wildman–Crippen MR) is 109 cm³/mol. The molecule has 0 aliphatic carbocycles. The summed E-state index contributed by atoms with van der Waals surface area (Å²) < 4.78 is 0. The third-order valence-corrected chi connectivity index (χ3v) is 6.59. The lowest BCUT2D eigenvalue weighted by molar-refractivity contribution is -0.904. The number of aromatic nitrogens is 1. The molecule has 1 N–H and O–H groups in total. The van der Waals surface area contributed by atoms with Crippen LogP contribution in [-0.4, -0.2) is 55.1 Å². The summed E-state index contributed by atoms with van der Waals surface area (Å²) in [6, 6.07) is 10.2. The van der Waals surface area contributed by atoms with Crippen molar-refractivity contribution in [2.24, 2.45) is 0 Å². The smallest absolute Gasteiger partial charge is 0.219 e. The Hall–Kier alpha value is -1.47. The second kappa shape index (κ2) is 9.35. The Morgan fingerprint density at radius 1 is 1.25 bits per heavy atom. The average Bonchev–Trinajstić information content (AvgIpc) is 2.67. The molecule has 2 aromatic rings. The fraction of sp³-hybridized carbons (Fsp3) is 0.400. The van der Waals surface area contributed by atoms with Crippen LogP contribution in [0.15, 0.2) is 46.3 Å². The maximum Gasteiger partial charge on any atom is 0.219 e. The van der Waals surface area contributed by atoms with Crippen LogP contribution in [0.3, 0.4) is 0 Å². The van der Waals surface area contributed by atoms with E-state index in [1.807, 2.05) is 29.3 Å². The Bertz CT molecular complexity index is 843. The number of carbonyl (C=O) groups excluding carboxylic acids is 1. The zero-order chi connectivity index (χ0) is 18.8. The van der Waals surface area contributed by atoms with E-state index >= 15 is 0 Å². The molecule has 0 unspecified atom stereocenters. The number of piperazine rings is 1. The predicted octanol–water partition coefficient (Wildman–Crippen LogP) is -0.521. The maximum absolute atomic E-state index is 11.5. The van der Waals surface area contributed by atoms with Crippen molar-refractivity contribution >= 4 is 40.8 Å². The lowest BCUT2D eigenvalue weighted by atomic mass is 10.2. The third kappa shape index (κ3) is 4.57. The van der Waals surface area contributed by atoms with Crippen molar-refractivity contribution in [1.29, 1.82) is 0 Å². The van der Waals surface area contributed by atoms with Gasteiger partial charge in [-0.2, -0.15) is 0 Å². The molecule has 8 heteroatoms. The van der Waals surface area contributed by atoms with Gasteiger partial charge in [-0.1, -0.05) is 23.4 Å². The summed E-state index contributed by atoms with van der Waals surface area (Å²) in [6.45, 7) is 7.52. The Labute approximate surface area is 181 Å². The number of quaternary nitrogens is 1. The van der Waals surface area contributed by atoms with Crippen LogP contribution in [0.5, 0.6) is 0 Å². The number of nitrogens with one attached hydrogen (secondary N) is 1. The molecule has 2 aliphatic rings. The van der Waals surface area contributed by atoms with E-state index in [-0.39, 0.29) is 18.3 Å². The number of pyridine rings is 1. The van der Waals surface area contributed by atoms with Crippen molar-refractivity contribution in [2.45, 2.75) is 23.1 Å². The Morgan fingerprint density at radius 3 is 2.79 bits per heavy atom. The van der Waals surface area contributed by atoms with Gasteiger partial charge in [-0.25, -0.2) is 4.98 Å². The van der Waals surface area contributed by atoms with Gasteiger partial charge < -0.3 is 27.1 Å². The van der Waals surface area contributed by atoms with Crippen molar-refractivity contribution in [2.75, 3.05) is 44.2 Å². The van der Waals surface area contributed by atoms with E-state index < -0.39 is 0 Å². The molecule has 1 amide bonds. The van der Waals surface area contributed by atoms with Gasteiger partial charge in [0.25, 0.3) is 0 Å².